The van der Waals surface area contributed by atoms with Gasteiger partial charge in [0.15, 0.2) is 0 Å². The second-order valence-electron chi connectivity index (χ2n) is 6.76. The predicted molar refractivity (Wildman–Crippen MR) is 93.7 cm³/mol. The van der Waals surface area contributed by atoms with E-state index < -0.39 is 0 Å². The number of carbonyl (C=O) groups is 2. The molecule has 1 N–H and O–H groups in total. The van der Waals surface area contributed by atoms with E-state index in [0.29, 0.717) is 12.2 Å². The molecule has 4 heterocycles. The Morgan fingerprint density at radius 2 is 1.88 bits per heavy atom. The minimum atomic E-state index is -0.335. The van der Waals surface area contributed by atoms with Gasteiger partial charge in [-0.1, -0.05) is 0 Å². The highest BCUT2D eigenvalue weighted by molar-refractivity contribution is 5.96. The van der Waals surface area contributed by atoms with Crippen LogP contribution in [0.25, 0.3) is 5.78 Å². The molecule has 10 nitrogen and oxygen atoms in total. The number of carbonyl (C=O) groups excluding carboxylic acids is 2. The first kappa shape index (κ1) is 16.7. The van der Waals surface area contributed by atoms with E-state index in [1.807, 2.05) is 13.8 Å². The fraction of sp³-hybridized carbons (Fsp3) is 0.562. The summed E-state index contributed by atoms with van der Waals surface area (Å²) < 4.78 is 1.78. The monoisotopic (exact) mass is 358 g/mol. The lowest BCUT2D eigenvalue weighted by molar-refractivity contribution is -0.130. The molecule has 26 heavy (non-hydrogen) atoms. The lowest BCUT2D eigenvalue weighted by Crippen LogP contribution is -2.62. The van der Waals surface area contributed by atoms with Crippen LogP contribution in [0.3, 0.4) is 0 Å². The van der Waals surface area contributed by atoms with Crippen molar-refractivity contribution in [2.24, 2.45) is 0 Å². The van der Waals surface area contributed by atoms with Gasteiger partial charge >= 0.3 is 6.03 Å². The highest BCUT2D eigenvalue weighted by Crippen LogP contribution is 2.24. The minimum absolute atomic E-state index is 0.147. The Balaban J connectivity index is 1.51. The van der Waals surface area contributed by atoms with Crippen LogP contribution in [0.1, 0.15) is 17.7 Å². The number of urea groups is 1. The van der Waals surface area contributed by atoms with E-state index >= 15 is 0 Å². The molecule has 2 saturated heterocycles. The number of rotatable bonds is 2. The summed E-state index contributed by atoms with van der Waals surface area (Å²) in [4.78, 5) is 38.0. The molecule has 2 aromatic heterocycles. The molecule has 4 rings (SSSR count). The fourth-order valence-electron chi connectivity index (χ4n) is 3.56. The maximum Gasteiger partial charge on any atom is 0.325 e. The van der Waals surface area contributed by atoms with E-state index in [4.69, 9.17) is 0 Å². The first-order valence-electron chi connectivity index (χ1n) is 8.68. The third-order valence-corrected chi connectivity index (χ3v) is 5.27. The molecule has 2 fully saturated rings. The molecule has 3 amide bonds. The number of amides is 3. The van der Waals surface area contributed by atoms with E-state index in [1.165, 1.54) is 13.4 Å². The van der Waals surface area contributed by atoms with Crippen LogP contribution in [-0.2, 0) is 4.79 Å². The molecule has 10 heteroatoms. The minimum Gasteiger partial charge on any atom is -0.354 e. The van der Waals surface area contributed by atoms with Crippen molar-refractivity contribution in [1.29, 1.82) is 0 Å². The summed E-state index contributed by atoms with van der Waals surface area (Å²) in [5, 5.41) is 7.22. The molecule has 1 unspecified atom stereocenters. The number of imide groups is 1. The van der Waals surface area contributed by atoms with Crippen molar-refractivity contribution in [3.8, 4) is 0 Å². The zero-order valence-corrected chi connectivity index (χ0v) is 15.1. The average Bonchev–Trinajstić information content (AvgIpc) is 3.08. The molecule has 0 aliphatic carbocycles. The van der Waals surface area contributed by atoms with Gasteiger partial charge in [-0.15, -0.1) is 0 Å². The smallest absolute Gasteiger partial charge is 0.325 e. The molecule has 2 aliphatic rings. The number of nitrogens with zero attached hydrogens (tertiary/aromatic N) is 7. The topological polar surface area (TPSA) is 99.0 Å². The maximum atomic E-state index is 11.9. The first-order chi connectivity index (χ1) is 12.5. The van der Waals surface area contributed by atoms with Gasteiger partial charge < -0.3 is 10.2 Å². The van der Waals surface area contributed by atoms with Crippen LogP contribution in [0.15, 0.2) is 6.33 Å². The SMILES string of the molecule is Cc1nc2ncnn2c(N2CCN(C3CC(=O)N(C)C(=O)N3)CC2)c1C. The Labute approximate surface area is 150 Å². The van der Waals surface area contributed by atoms with Gasteiger partial charge in [0.1, 0.15) is 12.1 Å². The van der Waals surface area contributed by atoms with Crippen molar-refractivity contribution in [3.05, 3.63) is 17.6 Å². The Bertz CT molecular complexity index is 853. The fourth-order valence-corrected chi connectivity index (χ4v) is 3.56. The van der Waals surface area contributed by atoms with Crippen LogP contribution in [0.4, 0.5) is 10.6 Å². The number of anilines is 1. The largest absolute Gasteiger partial charge is 0.354 e. The number of aryl methyl sites for hydroxylation is 1. The molecule has 138 valence electrons. The molecular weight excluding hydrogens is 336 g/mol. The van der Waals surface area contributed by atoms with Crippen molar-refractivity contribution < 1.29 is 9.59 Å². The van der Waals surface area contributed by atoms with Crippen LogP contribution in [0, 0.1) is 13.8 Å². The standard InChI is InChI=1S/C16H22N8O2/c1-10-11(2)19-15-17-9-18-24(15)14(10)23-6-4-22(5-7-23)12-8-13(25)21(3)16(26)20-12/h9,12H,4-8H2,1-3H3,(H,20,26). The van der Waals surface area contributed by atoms with Gasteiger partial charge in [-0.25, -0.2) is 9.78 Å². The number of hydrogen-bond acceptors (Lipinski definition) is 7. The number of fused-ring (bicyclic) bond motifs is 1. The molecule has 2 aliphatic heterocycles. The molecule has 0 aromatic carbocycles. The second kappa shape index (κ2) is 6.20. The van der Waals surface area contributed by atoms with Gasteiger partial charge in [0.05, 0.1) is 12.6 Å². The molecule has 0 saturated carbocycles. The quantitative estimate of drug-likeness (QED) is 0.791. The zero-order valence-electron chi connectivity index (χ0n) is 15.1. The van der Waals surface area contributed by atoms with Gasteiger partial charge in [-0.3, -0.25) is 14.6 Å². The predicted octanol–water partition coefficient (Wildman–Crippen LogP) is -0.239. The molecular formula is C16H22N8O2. The van der Waals surface area contributed by atoms with Gasteiger partial charge in [0.25, 0.3) is 5.78 Å². The lowest BCUT2D eigenvalue weighted by Gasteiger charge is -2.42. The van der Waals surface area contributed by atoms with Gasteiger partial charge in [-0.2, -0.15) is 14.6 Å². The van der Waals surface area contributed by atoms with E-state index in [1.54, 1.807) is 4.52 Å². The van der Waals surface area contributed by atoms with Crippen molar-refractivity contribution in [2.45, 2.75) is 26.4 Å². The van der Waals surface area contributed by atoms with Gasteiger partial charge in [0.2, 0.25) is 5.91 Å². The number of piperazine rings is 1. The average molecular weight is 358 g/mol. The summed E-state index contributed by atoms with van der Waals surface area (Å²) >= 11 is 0. The summed E-state index contributed by atoms with van der Waals surface area (Å²) in [7, 11) is 1.50. The first-order valence-corrected chi connectivity index (χ1v) is 8.68. The summed E-state index contributed by atoms with van der Waals surface area (Å²) in [6, 6.07) is -0.335. The summed E-state index contributed by atoms with van der Waals surface area (Å²) in [5.74, 6) is 1.46. The third kappa shape index (κ3) is 2.66. The van der Waals surface area contributed by atoms with E-state index in [2.05, 4.69) is 30.2 Å². The summed E-state index contributed by atoms with van der Waals surface area (Å²) in [6.45, 7) is 7.06. The Morgan fingerprint density at radius 1 is 1.15 bits per heavy atom. The summed E-state index contributed by atoms with van der Waals surface area (Å²) in [6.07, 6.45) is 1.59. The number of nitrogens with one attached hydrogen (secondary N) is 1. The van der Waals surface area contributed by atoms with Gasteiger partial charge in [-0.05, 0) is 13.8 Å². The van der Waals surface area contributed by atoms with E-state index in [0.717, 1.165) is 48.2 Å². The Hall–Kier alpha value is -2.75. The van der Waals surface area contributed by atoms with Crippen molar-refractivity contribution in [1.82, 2.24) is 34.7 Å². The third-order valence-electron chi connectivity index (χ3n) is 5.27. The van der Waals surface area contributed by atoms with Crippen LogP contribution < -0.4 is 10.2 Å². The van der Waals surface area contributed by atoms with Gasteiger partial charge in [0, 0.05) is 44.5 Å². The number of hydrogen-bond donors (Lipinski definition) is 1. The zero-order chi connectivity index (χ0) is 18.4. The van der Waals surface area contributed by atoms with Crippen LogP contribution in [0.2, 0.25) is 0 Å². The highest BCUT2D eigenvalue weighted by atomic mass is 16.2. The van der Waals surface area contributed by atoms with Crippen molar-refractivity contribution in [3.63, 3.8) is 0 Å². The lowest BCUT2D eigenvalue weighted by atomic mass is 10.1. The summed E-state index contributed by atoms with van der Waals surface area (Å²) in [5.41, 5.74) is 2.02. The molecule has 0 bridgehead atoms. The van der Waals surface area contributed by atoms with Crippen LogP contribution in [-0.4, -0.2) is 80.7 Å². The highest BCUT2D eigenvalue weighted by Gasteiger charge is 2.34. The number of aromatic nitrogens is 4. The molecule has 2 aromatic rings. The maximum absolute atomic E-state index is 11.9. The Morgan fingerprint density at radius 3 is 2.58 bits per heavy atom. The van der Waals surface area contributed by atoms with E-state index in [9.17, 15) is 9.59 Å². The molecule has 0 radical (unpaired) electrons. The van der Waals surface area contributed by atoms with Crippen molar-refractivity contribution >= 4 is 23.5 Å². The normalized spacial score (nSPS) is 22.2. The van der Waals surface area contributed by atoms with E-state index in [-0.39, 0.29) is 18.1 Å². The van der Waals surface area contributed by atoms with Crippen molar-refractivity contribution in [2.75, 3.05) is 38.1 Å². The Kier molecular flexibility index (Phi) is 3.98. The molecule has 0 spiro atoms. The van der Waals surface area contributed by atoms with Crippen LogP contribution in [0.5, 0.6) is 0 Å². The molecule has 1 atom stereocenters. The second-order valence-corrected chi connectivity index (χ2v) is 6.76. The van der Waals surface area contributed by atoms with Crippen LogP contribution >= 0.6 is 0 Å².